The van der Waals surface area contributed by atoms with E-state index in [4.69, 9.17) is 10.1 Å². The van der Waals surface area contributed by atoms with E-state index in [2.05, 4.69) is 26.5 Å². The number of aromatic nitrogens is 5. The zero-order chi connectivity index (χ0) is 23.7. The average Bonchev–Trinajstić information content (AvgIpc) is 3.50. The van der Waals surface area contributed by atoms with Crippen LogP contribution in [0.4, 0.5) is 5.82 Å². The third-order valence-electron chi connectivity index (χ3n) is 6.16. The first-order valence-corrected chi connectivity index (χ1v) is 11.1. The number of aryl methyl sites for hydroxylation is 1. The van der Waals surface area contributed by atoms with Crippen molar-refractivity contribution in [1.82, 2.24) is 29.7 Å². The standard InChI is InChI=1S/C24H24N8O2/c1-30-13-19(12-27-30)17-8-21(24-18(9-25)11-28-32(24)14-17)16-2-3-22(26-10-16)31-6-4-20(5-7-31)29-23(34)15-33/h2-3,8,10-14,20,33H,4-7,15H2,1H3,(H,29,34). The molecule has 4 aromatic rings. The van der Waals surface area contributed by atoms with E-state index in [1.54, 1.807) is 21.6 Å². The monoisotopic (exact) mass is 456 g/mol. The largest absolute Gasteiger partial charge is 0.387 e. The Labute approximate surface area is 196 Å². The van der Waals surface area contributed by atoms with Crippen molar-refractivity contribution < 1.29 is 9.90 Å². The molecule has 0 radical (unpaired) electrons. The van der Waals surface area contributed by atoms with Crippen molar-refractivity contribution >= 4 is 17.2 Å². The van der Waals surface area contributed by atoms with Gasteiger partial charge in [0.05, 0.1) is 23.5 Å². The first-order chi connectivity index (χ1) is 16.6. The summed E-state index contributed by atoms with van der Waals surface area (Å²) >= 11 is 0. The molecule has 1 amide bonds. The molecule has 0 saturated carbocycles. The lowest BCUT2D eigenvalue weighted by Gasteiger charge is -2.33. The van der Waals surface area contributed by atoms with Crippen LogP contribution in [0.2, 0.25) is 0 Å². The second-order valence-electron chi connectivity index (χ2n) is 8.40. The number of rotatable bonds is 5. The van der Waals surface area contributed by atoms with Gasteiger partial charge in [-0.1, -0.05) is 0 Å². The zero-order valence-electron chi connectivity index (χ0n) is 18.7. The lowest BCUT2D eigenvalue weighted by molar-refractivity contribution is -0.124. The van der Waals surface area contributed by atoms with Crippen LogP contribution in [0.3, 0.4) is 0 Å². The molecule has 5 rings (SSSR count). The van der Waals surface area contributed by atoms with Gasteiger partial charge in [-0.15, -0.1) is 0 Å². The van der Waals surface area contributed by atoms with Gasteiger partial charge in [0.15, 0.2) is 0 Å². The second-order valence-corrected chi connectivity index (χ2v) is 8.40. The van der Waals surface area contributed by atoms with Crippen molar-refractivity contribution in [1.29, 1.82) is 5.26 Å². The molecule has 0 spiro atoms. The van der Waals surface area contributed by atoms with Crippen molar-refractivity contribution in [2.24, 2.45) is 7.05 Å². The lowest BCUT2D eigenvalue weighted by Crippen LogP contribution is -2.45. The number of aliphatic hydroxyl groups is 1. The number of piperidine rings is 1. The molecule has 0 aromatic carbocycles. The molecule has 0 aliphatic carbocycles. The van der Waals surface area contributed by atoms with Crippen LogP contribution in [0.25, 0.3) is 27.8 Å². The first kappa shape index (κ1) is 21.6. The van der Waals surface area contributed by atoms with Crippen LogP contribution in [0, 0.1) is 11.3 Å². The fourth-order valence-electron chi connectivity index (χ4n) is 4.41. The number of nitrogens with zero attached hydrogens (tertiary/aromatic N) is 7. The van der Waals surface area contributed by atoms with Crippen LogP contribution >= 0.6 is 0 Å². The summed E-state index contributed by atoms with van der Waals surface area (Å²) < 4.78 is 3.48. The smallest absolute Gasteiger partial charge is 0.245 e. The molecule has 1 saturated heterocycles. The Morgan fingerprint density at radius 2 is 1.97 bits per heavy atom. The lowest BCUT2D eigenvalue weighted by atomic mass is 10.0. The summed E-state index contributed by atoms with van der Waals surface area (Å²) in [5.74, 6) is 0.529. The average molecular weight is 457 g/mol. The number of carbonyl (C=O) groups excluding carboxylic acids is 1. The molecule has 4 aromatic heterocycles. The molecule has 1 fully saturated rings. The fraction of sp³-hybridized carbons (Fsp3) is 0.292. The van der Waals surface area contributed by atoms with Crippen LogP contribution in [0.15, 0.2) is 49.2 Å². The van der Waals surface area contributed by atoms with E-state index in [9.17, 15) is 10.1 Å². The molecule has 10 nitrogen and oxygen atoms in total. The normalized spacial score (nSPS) is 14.3. The van der Waals surface area contributed by atoms with Gasteiger partial charge in [0.2, 0.25) is 5.91 Å². The fourth-order valence-corrected chi connectivity index (χ4v) is 4.41. The van der Waals surface area contributed by atoms with Gasteiger partial charge in [-0.2, -0.15) is 15.5 Å². The highest BCUT2D eigenvalue weighted by Crippen LogP contribution is 2.32. The molecule has 0 unspecified atom stereocenters. The summed E-state index contributed by atoms with van der Waals surface area (Å²) in [4.78, 5) is 18.3. The number of nitrogens with one attached hydrogen (secondary N) is 1. The third kappa shape index (κ3) is 4.09. The molecule has 10 heteroatoms. The van der Waals surface area contributed by atoms with Gasteiger partial charge in [-0.05, 0) is 31.0 Å². The molecular weight excluding hydrogens is 432 g/mol. The van der Waals surface area contributed by atoms with Gasteiger partial charge >= 0.3 is 0 Å². The highest BCUT2D eigenvalue weighted by atomic mass is 16.3. The van der Waals surface area contributed by atoms with Gasteiger partial charge in [0, 0.05) is 67.0 Å². The van der Waals surface area contributed by atoms with Crippen molar-refractivity contribution in [3.8, 4) is 28.3 Å². The van der Waals surface area contributed by atoms with Crippen molar-refractivity contribution in [3.63, 3.8) is 0 Å². The number of amides is 1. The molecule has 34 heavy (non-hydrogen) atoms. The molecule has 1 aliphatic heterocycles. The quantitative estimate of drug-likeness (QED) is 0.469. The Morgan fingerprint density at radius 3 is 2.62 bits per heavy atom. The molecule has 0 bridgehead atoms. The third-order valence-corrected chi connectivity index (χ3v) is 6.16. The Kier molecular flexibility index (Phi) is 5.69. The number of pyridine rings is 2. The van der Waals surface area contributed by atoms with Crippen LogP contribution in [0.5, 0.6) is 0 Å². The molecule has 2 N–H and O–H groups in total. The van der Waals surface area contributed by atoms with Gasteiger partial charge in [-0.3, -0.25) is 9.48 Å². The highest BCUT2D eigenvalue weighted by molar-refractivity contribution is 5.87. The number of hydrogen-bond acceptors (Lipinski definition) is 7. The Balaban J connectivity index is 1.43. The van der Waals surface area contributed by atoms with Gasteiger partial charge in [-0.25, -0.2) is 9.50 Å². The Morgan fingerprint density at radius 1 is 1.15 bits per heavy atom. The summed E-state index contributed by atoms with van der Waals surface area (Å²) in [7, 11) is 1.87. The summed E-state index contributed by atoms with van der Waals surface area (Å²) in [5.41, 5.74) is 4.91. The summed E-state index contributed by atoms with van der Waals surface area (Å²) in [5, 5.41) is 30.0. The van der Waals surface area contributed by atoms with E-state index in [-0.39, 0.29) is 11.9 Å². The molecular formula is C24H24N8O2. The highest BCUT2D eigenvalue weighted by Gasteiger charge is 2.22. The number of carbonyl (C=O) groups is 1. The molecule has 5 heterocycles. The van der Waals surface area contributed by atoms with Gasteiger partial charge < -0.3 is 15.3 Å². The minimum absolute atomic E-state index is 0.0740. The Bertz CT molecular complexity index is 1370. The van der Waals surface area contributed by atoms with E-state index in [0.29, 0.717) is 5.56 Å². The van der Waals surface area contributed by atoms with Crippen LogP contribution < -0.4 is 10.2 Å². The SMILES string of the molecule is Cn1cc(-c2cc(-c3ccc(N4CCC(NC(=O)CO)CC4)nc3)c3c(C#N)cnn3c2)cn1. The van der Waals surface area contributed by atoms with E-state index < -0.39 is 6.61 Å². The first-order valence-electron chi connectivity index (χ1n) is 11.1. The minimum Gasteiger partial charge on any atom is -0.387 e. The van der Waals surface area contributed by atoms with Crippen molar-refractivity contribution in [2.45, 2.75) is 18.9 Å². The van der Waals surface area contributed by atoms with E-state index in [1.165, 1.54) is 0 Å². The maximum atomic E-state index is 11.4. The molecule has 1 aliphatic rings. The minimum atomic E-state index is -0.483. The van der Waals surface area contributed by atoms with Gasteiger partial charge in [0.1, 0.15) is 18.5 Å². The van der Waals surface area contributed by atoms with Crippen LogP contribution in [-0.2, 0) is 11.8 Å². The summed E-state index contributed by atoms with van der Waals surface area (Å²) in [6.07, 6.45) is 10.6. The van der Waals surface area contributed by atoms with Crippen LogP contribution in [0.1, 0.15) is 18.4 Å². The predicted octanol–water partition coefficient (Wildman–Crippen LogP) is 1.75. The number of anilines is 1. The van der Waals surface area contributed by atoms with Gasteiger partial charge in [0.25, 0.3) is 0 Å². The number of aliphatic hydroxyl groups excluding tert-OH is 1. The van der Waals surface area contributed by atoms with Crippen molar-refractivity contribution in [3.05, 3.63) is 54.7 Å². The predicted molar refractivity (Wildman–Crippen MR) is 126 cm³/mol. The Hall–Kier alpha value is -4.23. The van der Waals surface area contributed by atoms with E-state index in [1.807, 2.05) is 43.8 Å². The van der Waals surface area contributed by atoms with Crippen LogP contribution in [-0.4, -0.2) is 61.1 Å². The topological polar surface area (TPSA) is 124 Å². The maximum absolute atomic E-state index is 11.4. The second kappa shape index (κ2) is 8.96. The number of nitriles is 1. The molecule has 172 valence electrons. The van der Waals surface area contributed by atoms with E-state index in [0.717, 1.165) is 59.5 Å². The molecule has 0 atom stereocenters. The zero-order valence-corrected chi connectivity index (χ0v) is 18.7. The number of fused-ring (bicyclic) bond motifs is 1. The summed E-state index contributed by atoms with van der Waals surface area (Å²) in [6.45, 7) is 1.05. The number of hydrogen-bond donors (Lipinski definition) is 2. The van der Waals surface area contributed by atoms with E-state index >= 15 is 0 Å². The maximum Gasteiger partial charge on any atom is 0.245 e. The summed E-state index contributed by atoms with van der Waals surface area (Å²) in [6, 6.07) is 8.35. The van der Waals surface area contributed by atoms with Crippen molar-refractivity contribution in [2.75, 3.05) is 24.6 Å².